The first-order valence-electron chi connectivity index (χ1n) is 6.98. The van der Waals surface area contributed by atoms with Gasteiger partial charge in [-0.15, -0.1) is 11.3 Å². The van der Waals surface area contributed by atoms with E-state index < -0.39 is 10.0 Å². The summed E-state index contributed by atoms with van der Waals surface area (Å²) in [6, 6.07) is 3.32. The molecular weight excluding hydrogens is 310 g/mol. The minimum absolute atomic E-state index is 0.164. The van der Waals surface area contributed by atoms with Crippen molar-refractivity contribution in [2.24, 2.45) is 0 Å². The molecule has 2 rings (SSSR count). The van der Waals surface area contributed by atoms with Crippen molar-refractivity contribution in [2.45, 2.75) is 18.1 Å². The van der Waals surface area contributed by atoms with E-state index in [4.69, 9.17) is 0 Å². The van der Waals surface area contributed by atoms with Crippen LogP contribution in [-0.4, -0.2) is 63.4 Å². The number of likely N-dealkylation sites (N-methyl/N-ethyl adjacent to an activating group) is 1. The third kappa shape index (κ3) is 4.26. The van der Waals surface area contributed by atoms with E-state index in [-0.39, 0.29) is 16.7 Å². The molecule has 1 saturated heterocycles. The van der Waals surface area contributed by atoms with Gasteiger partial charge in [0.05, 0.1) is 6.54 Å². The number of aryl methyl sites for hydroxylation is 1. The number of piperazine rings is 1. The molecule has 0 unspecified atom stereocenters. The molecule has 6 nitrogen and oxygen atoms in total. The van der Waals surface area contributed by atoms with Crippen molar-refractivity contribution in [1.29, 1.82) is 0 Å². The average Bonchev–Trinajstić information content (AvgIpc) is 2.92. The summed E-state index contributed by atoms with van der Waals surface area (Å²) in [5.74, 6) is -0.164. The zero-order valence-corrected chi connectivity index (χ0v) is 14.0. The molecule has 1 aliphatic heterocycles. The average molecular weight is 331 g/mol. The van der Waals surface area contributed by atoms with Crippen LogP contribution in [0.2, 0.25) is 0 Å². The topological polar surface area (TPSA) is 69.7 Å². The first-order valence-corrected chi connectivity index (χ1v) is 9.28. The van der Waals surface area contributed by atoms with Crippen LogP contribution in [0.4, 0.5) is 0 Å². The summed E-state index contributed by atoms with van der Waals surface area (Å²) in [7, 11) is -3.58. The van der Waals surface area contributed by atoms with Crippen LogP contribution in [0.15, 0.2) is 16.3 Å². The van der Waals surface area contributed by atoms with E-state index in [1.54, 1.807) is 17.0 Å². The highest BCUT2D eigenvalue weighted by atomic mass is 32.2. The summed E-state index contributed by atoms with van der Waals surface area (Å²) in [6.45, 7) is 7.76. The summed E-state index contributed by atoms with van der Waals surface area (Å²) < 4.78 is 26.7. The maximum atomic E-state index is 12.1. The van der Waals surface area contributed by atoms with Crippen LogP contribution in [0.3, 0.4) is 0 Å². The largest absolute Gasteiger partial charge is 0.339 e. The Balaban J connectivity index is 1.87. The Hall–Kier alpha value is -0.960. The fourth-order valence-corrected chi connectivity index (χ4v) is 4.51. The lowest BCUT2D eigenvalue weighted by atomic mass is 10.3. The van der Waals surface area contributed by atoms with Gasteiger partial charge in [0.25, 0.3) is 10.0 Å². The maximum absolute atomic E-state index is 12.1. The van der Waals surface area contributed by atoms with Crippen LogP contribution >= 0.6 is 11.3 Å². The van der Waals surface area contributed by atoms with Gasteiger partial charge in [0.1, 0.15) is 4.21 Å². The molecule has 0 bridgehead atoms. The number of rotatable bonds is 5. The molecule has 1 fully saturated rings. The number of amides is 1. The van der Waals surface area contributed by atoms with Crippen molar-refractivity contribution in [3.8, 4) is 0 Å². The molecule has 0 saturated carbocycles. The fourth-order valence-electron chi connectivity index (χ4n) is 2.21. The Labute approximate surface area is 129 Å². The molecule has 1 aromatic heterocycles. The summed E-state index contributed by atoms with van der Waals surface area (Å²) in [5, 5.41) is 0. The lowest BCUT2D eigenvalue weighted by Gasteiger charge is -2.34. The molecule has 1 N–H and O–H groups in total. The minimum Gasteiger partial charge on any atom is -0.339 e. The van der Waals surface area contributed by atoms with Gasteiger partial charge in [-0.1, -0.05) is 6.92 Å². The third-order valence-electron chi connectivity index (χ3n) is 3.57. The molecule has 0 atom stereocenters. The monoisotopic (exact) mass is 331 g/mol. The Morgan fingerprint density at radius 3 is 2.48 bits per heavy atom. The molecular formula is C13H21N3O3S2. The predicted molar refractivity (Wildman–Crippen MR) is 82.9 cm³/mol. The quantitative estimate of drug-likeness (QED) is 0.853. The number of sulfonamides is 1. The zero-order valence-electron chi connectivity index (χ0n) is 12.3. The van der Waals surface area contributed by atoms with Gasteiger partial charge in [-0.2, -0.15) is 0 Å². The fraction of sp³-hybridized carbons (Fsp3) is 0.615. The van der Waals surface area contributed by atoms with Crippen LogP contribution < -0.4 is 4.72 Å². The second-order valence-corrected chi connectivity index (χ2v) is 8.29. The van der Waals surface area contributed by atoms with Crippen molar-refractivity contribution < 1.29 is 13.2 Å². The van der Waals surface area contributed by atoms with Gasteiger partial charge in [-0.25, -0.2) is 13.1 Å². The van der Waals surface area contributed by atoms with Crippen molar-refractivity contribution in [3.63, 3.8) is 0 Å². The van der Waals surface area contributed by atoms with Gasteiger partial charge < -0.3 is 9.80 Å². The molecule has 0 aromatic carbocycles. The molecule has 2 heterocycles. The van der Waals surface area contributed by atoms with E-state index in [0.717, 1.165) is 24.5 Å². The number of hydrogen-bond acceptors (Lipinski definition) is 5. The van der Waals surface area contributed by atoms with Crippen molar-refractivity contribution in [3.05, 3.63) is 17.0 Å². The van der Waals surface area contributed by atoms with Crippen molar-refractivity contribution in [2.75, 3.05) is 39.3 Å². The number of thiophene rings is 1. The number of hydrogen-bond donors (Lipinski definition) is 1. The van der Waals surface area contributed by atoms with E-state index in [2.05, 4.69) is 16.5 Å². The van der Waals surface area contributed by atoms with E-state index in [1.807, 2.05) is 6.92 Å². The van der Waals surface area contributed by atoms with E-state index in [1.165, 1.54) is 11.3 Å². The Bertz CT molecular complexity index is 590. The highest BCUT2D eigenvalue weighted by Crippen LogP contribution is 2.20. The van der Waals surface area contributed by atoms with E-state index in [0.29, 0.717) is 13.1 Å². The highest BCUT2D eigenvalue weighted by Gasteiger charge is 2.22. The van der Waals surface area contributed by atoms with Crippen LogP contribution in [0.1, 0.15) is 11.8 Å². The summed E-state index contributed by atoms with van der Waals surface area (Å²) in [5.41, 5.74) is 0. The molecule has 1 amide bonds. The first-order chi connectivity index (χ1) is 9.92. The van der Waals surface area contributed by atoms with Crippen molar-refractivity contribution >= 4 is 27.3 Å². The van der Waals surface area contributed by atoms with Crippen LogP contribution in [0.5, 0.6) is 0 Å². The maximum Gasteiger partial charge on any atom is 0.250 e. The zero-order chi connectivity index (χ0) is 15.5. The summed E-state index contributed by atoms with van der Waals surface area (Å²) >= 11 is 1.20. The van der Waals surface area contributed by atoms with Crippen LogP contribution in [0.25, 0.3) is 0 Å². The van der Waals surface area contributed by atoms with E-state index >= 15 is 0 Å². The van der Waals surface area contributed by atoms with Crippen molar-refractivity contribution in [1.82, 2.24) is 14.5 Å². The van der Waals surface area contributed by atoms with Gasteiger partial charge in [0.15, 0.2) is 0 Å². The first kappa shape index (κ1) is 16.4. The van der Waals surface area contributed by atoms with Gasteiger partial charge in [-0.3, -0.25) is 4.79 Å². The molecule has 0 spiro atoms. The minimum atomic E-state index is -3.58. The molecule has 1 aliphatic rings. The molecule has 118 valence electrons. The second kappa shape index (κ2) is 6.87. The number of nitrogens with one attached hydrogen (secondary N) is 1. The van der Waals surface area contributed by atoms with Gasteiger partial charge in [0, 0.05) is 31.1 Å². The lowest BCUT2D eigenvalue weighted by Crippen LogP contribution is -2.50. The number of carbonyl (C=O) groups is 1. The molecule has 8 heteroatoms. The molecule has 21 heavy (non-hydrogen) atoms. The molecule has 1 aromatic rings. The summed E-state index contributed by atoms with van der Waals surface area (Å²) in [4.78, 5) is 17.0. The van der Waals surface area contributed by atoms with Gasteiger partial charge in [-0.05, 0) is 25.6 Å². The SMILES string of the molecule is CCN1CCN(C(=O)CNS(=O)(=O)c2ccc(C)s2)CC1. The number of nitrogens with zero attached hydrogens (tertiary/aromatic N) is 2. The van der Waals surface area contributed by atoms with Gasteiger partial charge >= 0.3 is 0 Å². The smallest absolute Gasteiger partial charge is 0.250 e. The Morgan fingerprint density at radius 2 is 1.95 bits per heavy atom. The standard InChI is InChI=1S/C13H21N3O3S2/c1-3-15-6-8-16(9-7-15)12(17)10-14-21(18,19)13-5-4-11(2)20-13/h4-5,14H,3,6-10H2,1-2H3. The Kier molecular flexibility index (Phi) is 5.37. The molecule has 0 radical (unpaired) electrons. The van der Waals surface area contributed by atoms with Gasteiger partial charge in [0.2, 0.25) is 5.91 Å². The number of carbonyl (C=O) groups excluding carboxylic acids is 1. The molecule has 0 aliphatic carbocycles. The van der Waals surface area contributed by atoms with Crippen LogP contribution in [-0.2, 0) is 14.8 Å². The summed E-state index contributed by atoms with van der Waals surface area (Å²) in [6.07, 6.45) is 0. The Morgan fingerprint density at radius 1 is 1.29 bits per heavy atom. The van der Waals surface area contributed by atoms with E-state index in [9.17, 15) is 13.2 Å². The normalized spacial score (nSPS) is 17.1. The van der Waals surface area contributed by atoms with Crippen LogP contribution in [0, 0.1) is 6.92 Å². The third-order valence-corrected chi connectivity index (χ3v) is 6.46. The second-order valence-electron chi connectivity index (χ2n) is 5.00. The predicted octanol–water partition coefficient (Wildman–Crippen LogP) is 0.499. The highest BCUT2D eigenvalue weighted by molar-refractivity contribution is 7.91. The lowest BCUT2D eigenvalue weighted by molar-refractivity contribution is -0.131.